The molecule has 2 heteroatoms. The van der Waals surface area contributed by atoms with E-state index in [-0.39, 0.29) is 0 Å². The number of H-pyrrole nitrogens is 1. The van der Waals surface area contributed by atoms with Crippen LogP contribution < -0.4 is 5.19 Å². The highest BCUT2D eigenvalue weighted by molar-refractivity contribution is 6.40. The number of hydrogen-bond acceptors (Lipinski definition) is 0. The second kappa shape index (κ2) is 7.15. The number of aromatic amines is 1. The van der Waals surface area contributed by atoms with E-state index in [4.69, 9.17) is 0 Å². The van der Waals surface area contributed by atoms with Crippen molar-refractivity contribution < 1.29 is 0 Å². The summed E-state index contributed by atoms with van der Waals surface area (Å²) in [5, 5.41) is 3.86. The zero-order chi connectivity index (χ0) is 15.4. The summed E-state index contributed by atoms with van der Waals surface area (Å²) in [6.45, 7) is 2.27. The Hall–Kier alpha value is -1.54. The van der Waals surface area contributed by atoms with E-state index in [9.17, 15) is 0 Å². The van der Waals surface area contributed by atoms with Crippen LogP contribution in [0.1, 0.15) is 51.0 Å². The normalized spacial score (nSPS) is 11.5. The van der Waals surface area contributed by atoms with Crippen molar-refractivity contribution in [1.82, 2.24) is 4.98 Å². The third kappa shape index (κ3) is 3.12. The lowest BCUT2D eigenvalue weighted by molar-refractivity contribution is 0.608. The largest absolute Gasteiger partial charge is 0.355 e. The van der Waals surface area contributed by atoms with Gasteiger partial charge in [0.1, 0.15) is 0 Å². The van der Waals surface area contributed by atoms with Crippen molar-refractivity contribution in [2.75, 3.05) is 0 Å². The quantitative estimate of drug-likeness (QED) is 0.466. The lowest BCUT2D eigenvalue weighted by Gasteiger charge is -2.07. The Labute approximate surface area is 136 Å². The first-order valence-corrected chi connectivity index (χ1v) is 9.05. The Morgan fingerprint density at radius 3 is 2.50 bits per heavy atom. The van der Waals surface area contributed by atoms with Gasteiger partial charge in [-0.2, -0.15) is 0 Å². The highest BCUT2D eigenvalue weighted by Gasteiger charge is 2.08. The lowest BCUT2D eigenvalue weighted by atomic mass is 10.0. The maximum Gasteiger partial charge on any atom is 0.0745 e. The highest BCUT2D eigenvalue weighted by Crippen LogP contribution is 2.24. The van der Waals surface area contributed by atoms with Crippen LogP contribution in [0.25, 0.3) is 21.8 Å². The van der Waals surface area contributed by atoms with Gasteiger partial charge >= 0.3 is 0 Å². The number of benzene rings is 2. The average Bonchev–Trinajstić information content (AvgIpc) is 2.92. The maximum atomic E-state index is 3.88. The monoisotopic (exact) mass is 306 g/mol. The maximum absolute atomic E-state index is 3.88. The van der Waals surface area contributed by atoms with Gasteiger partial charge in [-0.05, 0) is 29.7 Å². The molecule has 1 N–H and O–H groups in total. The first-order chi connectivity index (χ1) is 10.8. The van der Waals surface area contributed by atoms with E-state index in [0.29, 0.717) is 0 Å². The van der Waals surface area contributed by atoms with E-state index >= 15 is 0 Å². The Morgan fingerprint density at radius 2 is 1.64 bits per heavy atom. The average molecular weight is 307 g/mol. The Kier molecular flexibility index (Phi) is 4.99. The molecule has 0 fully saturated rings. The molecule has 22 heavy (non-hydrogen) atoms. The number of aryl methyl sites for hydroxylation is 1. The van der Waals surface area contributed by atoms with Crippen LogP contribution in [0, 0.1) is 0 Å². The van der Waals surface area contributed by atoms with Gasteiger partial charge in [-0.3, -0.25) is 0 Å². The summed E-state index contributed by atoms with van der Waals surface area (Å²) < 4.78 is 0. The molecule has 0 saturated carbocycles. The van der Waals surface area contributed by atoms with Crippen LogP contribution in [0.4, 0.5) is 0 Å². The van der Waals surface area contributed by atoms with E-state index in [0.717, 1.165) is 6.42 Å². The van der Waals surface area contributed by atoms with Crippen molar-refractivity contribution in [3.63, 3.8) is 0 Å². The van der Waals surface area contributed by atoms with E-state index in [1.165, 1.54) is 71.1 Å². The van der Waals surface area contributed by atoms with Gasteiger partial charge in [-0.25, -0.2) is 0 Å². The molecule has 0 saturated heterocycles. The number of nitrogens with one attached hydrogen (secondary N) is 1. The summed E-state index contributed by atoms with van der Waals surface area (Å²) in [4.78, 5) is 3.56. The zero-order valence-electron chi connectivity index (χ0n) is 13.4. The van der Waals surface area contributed by atoms with Crippen LogP contribution in [0.2, 0.25) is 0 Å². The molecule has 1 heterocycles. The number of fused-ring (bicyclic) bond motifs is 3. The van der Waals surface area contributed by atoms with Crippen molar-refractivity contribution >= 4 is 37.2 Å². The van der Waals surface area contributed by atoms with Crippen molar-refractivity contribution in [1.29, 1.82) is 0 Å². The predicted molar refractivity (Wildman–Crippen MR) is 98.3 cm³/mol. The third-order valence-electron chi connectivity index (χ3n) is 4.57. The van der Waals surface area contributed by atoms with Gasteiger partial charge < -0.3 is 4.98 Å². The van der Waals surface area contributed by atoms with Crippen LogP contribution in [0.3, 0.4) is 0 Å². The molecule has 0 aliphatic heterocycles. The van der Waals surface area contributed by atoms with Gasteiger partial charge in [0.05, 0.1) is 10.2 Å². The first-order valence-electron chi connectivity index (χ1n) is 8.55. The fourth-order valence-electron chi connectivity index (χ4n) is 3.27. The molecule has 0 unspecified atom stereocenters. The van der Waals surface area contributed by atoms with Crippen LogP contribution in [-0.2, 0) is 6.42 Å². The van der Waals surface area contributed by atoms with Crippen LogP contribution in [0.15, 0.2) is 36.4 Å². The topological polar surface area (TPSA) is 15.8 Å². The minimum atomic E-state index is 1.16. The second-order valence-corrected chi connectivity index (χ2v) is 6.71. The van der Waals surface area contributed by atoms with Crippen molar-refractivity contribution in [3.8, 4) is 0 Å². The summed E-state index contributed by atoms with van der Waals surface area (Å²) in [7, 11) is 3.88. The molecule has 0 aliphatic rings. The molecule has 0 spiro atoms. The fourth-order valence-corrected chi connectivity index (χ4v) is 3.67. The summed E-state index contributed by atoms with van der Waals surface area (Å²) in [6.07, 6.45) is 9.25. The molecule has 0 bridgehead atoms. The molecular weight excluding hydrogens is 282 g/mol. The van der Waals surface area contributed by atoms with E-state index in [1.807, 2.05) is 0 Å². The van der Waals surface area contributed by atoms with Gasteiger partial charge in [0.25, 0.3) is 0 Å². The molecule has 3 rings (SSSR count). The van der Waals surface area contributed by atoms with E-state index in [2.05, 4.69) is 58.5 Å². The zero-order valence-corrected chi connectivity index (χ0v) is 14.4. The number of aromatic nitrogens is 1. The summed E-state index contributed by atoms with van der Waals surface area (Å²) >= 11 is 0. The Morgan fingerprint density at radius 1 is 0.864 bits per heavy atom. The minimum absolute atomic E-state index is 1.16. The van der Waals surface area contributed by atoms with Gasteiger partial charge in [-0.15, -0.1) is 0 Å². The fraction of sp³-hybridized carbons (Fsp3) is 0.400. The summed E-state index contributed by atoms with van der Waals surface area (Å²) in [6, 6.07) is 13.1. The highest BCUT2D eigenvalue weighted by atomic mass is 28.1. The molecule has 0 atom stereocenters. The smallest absolute Gasteiger partial charge is 0.0745 e. The van der Waals surface area contributed by atoms with Crippen molar-refractivity contribution in [2.24, 2.45) is 0 Å². The van der Waals surface area contributed by atoms with Gasteiger partial charge in [0.2, 0.25) is 0 Å². The SMILES string of the molecule is CCCCCCCCc1ccc2c([nH]c3ccccc32)c1[Si]. The van der Waals surface area contributed by atoms with Crippen LogP contribution >= 0.6 is 0 Å². The first kappa shape index (κ1) is 15.4. The van der Waals surface area contributed by atoms with Crippen LogP contribution in [-0.4, -0.2) is 15.2 Å². The molecule has 1 nitrogen and oxygen atoms in total. The Bertz CT molecular complexity index is 757. The van der Waals surface area contributed by atoms with Crippen molar-refractivity contribution in [3.05, 3.63) is 42.0 Å². The number of unbranched alkanes of at least 4 members (excludes halogenated alkanes) is 5. The second-order valence-electron chi connectivity index (χ2n) is 6.21. The van der Waals surface area contributed by atoms with Gasteiger partial charge in [-0.1, -0.05) is 69.4 Å². The molecule has 2 aromatic carbocycles. The van der Waals surface area contributed by atoms with E-state index in [1.54, 1.807) is 0 Å². The van der Waals surface area contributed by atoms with Crippen molar-refractivity contribution in [2.45, 2.75) is 51.9 Å². The minimum Gasteiger partial charge on any atom is -0.355 e. The number of hydrogen-bond donors (Lipinski definition) is 1. The molecule has 0 amide bonds. The summed E-state index contributed by atoms with van der Waals surface area (Å²) in [5.74, 6) is 0. The molecule has 0 aliphatic carbocycles. The standard InChI is InChI=1S/C20H24NSi/c1-2-3-4-5-6-7-10-15-13-14-17-16-11-8-9-12-18(16)21-19(17)20(15)22/h8-9,11-14,21H,2-7,10H2,1H3. The molecule has 3 aromatic rings. The lowest BCUT2D eigenvalue weighted by Crippen LogP contribution is -2.11. The third-order valence-corrected chi connectivity index (χ3v) is 5.14. The molecule has 113 valence electrons. The van der Waals surface area contributed by atoms with Gasteiger partial charge in [0, 0.05) is 21.8 Å². The summed E-state index contributed by atoms with van der Waals surface area (Å²) in [5.41, 5.74) is 3.88. The Balaban J connectivity index is 1.74. The predicted octanol–water partition coefficient (Wildman–Crippen LogP) is 5.02. The molecular formula is C20H24NSi. The van der Waals surface area contributed by atoms with E-state index < -0.39 is 0 Å². The molecule has 3 radical (unpaired) electrons. The molecule has 1 aromatic heterocycles. The van der Waals surface area contributed by atoms with Gasteiger partial charge in [0.15, 0.2) is 0 Å². The van der Waals surface area contributed by atoms with Crippen LogP contribution in [0.5, 0.6) is 0 Å². The number of para-hydroxylation sites is 1. The number of rotatable bonds is 7.